The van der Waals surface area contributed by atoms with Crippen LogP contribution >= 0.6 is 0 Å². The number of hydrogen-bond donors (Lipinski definition) is 1. The zero-order chi connectivity index (χ0) is 12.0. The third-order valence-electron chi connectivity index (χ3n) is 3.94. The molecular formula is C14H27NO. The second kappa shape index (κ2) is 6.39. The monoisotopic (exact) mass is 225 g/mol. The van der Waals surface area contributed by atoms with Gasteiger partial charge in [-0.3, -0.25) is 4.79 Å². The summed E-state index contributed by atoms with van der Waals surface area (Å²) in [6.45, 7) is 8.28. The highest BCUT2D eigenvalue weighted by Crippen LogP contribution is 2.37. The van der Waals surface area contributed by atoms with Crippen molar-refractivity contribution in [3.63, 3.8) is 0 Å². The van der Waals surface area contributed by atoms with Crippen LogP contribution in [-0.2, 0) is 4.79 Å². The maximum Gasteiger partial charge on any atom is 0.131 e. The van der Waals surface area contributed by atoms with Crippen molar-refractivity contribution >= 4 is 5.78 Å². The molecule has 0 radical (unpaired) electrons. The Kier molecular flexibility index (Phi) is 5.47. The Morgan fingerprint density at radius 2 is 1.88 bits per heavy atom. The third-order valence-corrected chi connectivity index (χ3v) is 3.94. The molecule has 0 atom stereocenters. The van der Waals surface area contributed by atoms with E-state index >= 15 is 0 Å². The molecule has 1 aliphatic rings. The lowest BCUT2D eigenvalue weighted by atomic mass is 9.71. The molecule has 0 aromatic heterocycles. The molecule has 2 nitrogen and oxygen atoms in total. The summed E-state index contributed by atoms with van der Waals surface area (Å²) in [6.07, 6.45) is 7.68. The van der Waals surface area contributed by atoms with Crippen molar-refractivity contribution in [2.75, 3.05) is 13.1 Å². The van der Waals surface area contributed by atoms with Crippen molar-refractivity contribution < 1.29 is 4.79 Å². The van der Waals surface area contributed by atoms with E-state index in [1.807, 2.05) is 0 Å². The van der Waals surface area contributed by atoms with E-state index in [1.165, 1.54) is 32.1 Å². The Bertz CT molecular complexity index is 217. The van der Waals surface area contributed by atoms with Gasteiger partial charge in [0.2, 0.25) is 0 Å². The van der Waals surface area contributed by atoms with Gasteiger partial charge in [-0.15, -0.1) is 0 Å². The molecule has 0 spiro atoms. The summed E-state index contributed by atoms with van der Waals surface area (Å²) in [6, 6.07) is 0. The molecule has 1 fully saturated rings. The van der Waals surface area contributed by atoms with Gasteiger partial charge in [-0.25, -0.2) is 0 Å². The van der Waals surface area contributed by atoms with Gasteiger partial charge in [0.05, 0.1) is 0 Å². The van der Waals surface area contributed by atoms with Gasteiger partial charge in [0, 0.05) is 19.5 Å². The normalized spacial score (nSPS) is 18.7. The predicted molar refractivity (Wildman–Crippen MR) is 68.5 cm³/mol. The van der Waals surface area contributed by atoms with Crippen LogP contribution in [0.2, 0.25) is 0 Å². The molecule has 0 unspecified atom stereocenters. The van der Waals surface area contributed by atoms with Crippen LogP contribution < -0.4 is 5.32 Å². The SMILES string of the molecule is CC(=O)CCNCC(C)(C)C1CCCCC1. The number of carbonyl (C=O) groups excluding carboxylic acids is 1. The van der Waals surface area contributed by atoms with Crippen molar-refractivity contribution in [2.45, 2.75) is 59.3 Å². The Morgan fingerprint density at radius 1 is 1.25 bits per heavy atom. The molecule has 0 saturated heterocycles. The number of rotatable bonds is 6. The van der Waals surface area contributed by atoms with Crippen LogP contribution in [0.1, 0.15) is 59.3 Å². The first-order chi connectivity index (χ1) is 7.52. The molecule has 1 saturated carbocycles. The summed E-state index contributed by atoms with van der Waals surface area (Å²) >= 11 is 0. The fourth-order valence-corrected chi connectivity index (χ4v) is 2.70. The summed E-state index contributed by atoms with van der Waals surface area (Å²) in [5.41, 5.74) is 0.386. The molecule has 1 rings (SSSR count). The van der Waals surface area contributed by atoms with E-state index in [4.69, 9.17) is 0 Å². The van der Waals surface area contributed by atoms with Crippen molar-refractivity contribution in [2.24, 2.45) is 11.3 Å². The molecule has 0 heterocycles. The molecule has 0 amide bonds. The van der Waals surface area contributed by atoms with E-state index in [0.29, 0.717) is 11.8 Å². The summed E-state index contributed by atoms with van der Waals surface area (Å²) < 4.78 is 0. The molecular weight excluding hydrogens is 198 g/mol. The smallest absolute Gasteiger partial charge is 0.131 e. The Hall–Kier alpha value is -0.370. The standard InChI is InChI=1S/C14H27NO/c1-12(16)9-10-15-11-14(2,3)13-7-5-4-6-8-13/h13,15H,4-11H2,1-3H3. The summed E-state index contributed by atoms with van der Waals surface area (Å²) in [4.78, 5) is 10.8. The highest BCUT2D eigenvalue weighted by molar-refractivity contribution is 5.75. The average Bonchev–Trinajstić information content (AvgIpc) is 2.26. The number of nitrogens with one attached hydrogen (secondary N) is 1. The largest absolute Gasteiger partial charge is 0.316 e. The first-order valence-corrected chi connectivity index (χ1v) is 6.72. The van der Waals surface area contributed by atoms with Crippen molar-refractivity contribution in [3.8, 4) is 0 Å². The Morgan fingerprint density at radius 3 is 2.44 bits per heavy atom. The predicted octanol–water partition coefficient (Wildman–Crippen LogP) is 3.16. The van der Waals surface area contributed by atoms with Crippen molar-refractivity contribution in [3.05, 3.63) is 0 Å². The summed E-state index contributed by atoms with van der Waals surface area (Å²) in [7, 11) is 0. The molecule has 1 aliphatic carbocycles. The van der Waals surface area contributed by atoms with Gasteiger partial charge >= 0.3 is 0 Å². The van der Waals surface area contributed by atoms with Crippen molar-refractivity contribution in [1.82, 2.24) is 5.32 Å². The molecule has 0 aromatic rings. The van der Waals surface area contributed by atoms with E-state index in [2.05, 4.69) is 19.2 Å². The van der Waals surface area contributed by atoms with Gasteiger partial charge in [-0.05, 0) is 31.1 Å². The van der Waals surface area contributed by atoms with Crippen LogP contribution in [0.4, 0.5) is 0 Å². The van der Waals surface area contributed by atoms with E-state index in [-0.39, 0.29) is 5.78 Å². The summed E-state index contributed by atoms with van der Waals surface area (Å²) in [5, 5.41) is 3.43. The lowest BCUT2D eigenvalue weighted by molar-refractivity contribution is -0.116. The number of carbonyl (C=O) groups is 1. The van der Waals surface area contributed by atoms with Crippen LogP contribution in [0.25, 0.3) is 0 Å². The number of ketones is 1. The van der Waals surface area contributed by atoms with Gasteiger partial charge in [-0.1, -0.05) is 33.1 Å². The van der Waals surface area contributed by atoms with Crippen LogP contribution in [0.15, 0.2) is 0 Å². The lowest BCUT2D eigenvalue weighted by Crippen LogP contribution is -2.37. The third kappa shape index (κ3) is 4.65. The van der Waals surface area contributed by atoms with Gasteiger partial charge < -0.3 is 5.32 Å². The van der Waals surface area contributed by atoms with Crippen LogP contribution in [0, 0.1) is 11.3 Å². The van der Waals surface area contributed by atoms with Crippen LogP contribution in [0.3, 0.4) is 0 Å². The number of hydrogen-bond acceptors (Lipinski definition) is 2. The molecule has 0 bridgehead atoms. The molecule has 0 aliphatic heterocycles. The van der Waals surface area contributed by atoms with Crippen LogP contribution in [0.5, 0.6) is 0 Å². The molecule has 0 aromatic carbocycles. The minimum atomic E-state index is 0.281. The van der Waals surface area contributed by atoms with E-state index in [9.17, 15) is 4.79 Å². The van der Waals surface area contributed by atoms with Gasteiger partial charge in [0.15, 0.2) is 0 Å². The van der Waals surface area contributed by atoms with Crippen LogP contribution in [-0.4, -0.2) is 18.9 Å². The first-order valence-electron chi connectivity index (χ1n) is 6.72. The molecule has 16 heavy (non-hydrogen) atoms. The topological polar surface area (TPSA) is 29.1 Å². The lowest BCUT2D eigenvalue weighted by Gasteiger charge is -2.37. The number of Topliss-reactive ketones (excluding diaryl/α,β-unsaturated/α-hetero) is 1. The Balaban J connectivity index is 2.24. The second-order valence-corrected chi connectivity index (χ2v) is 5.95. The highest BCUT2D eigenvalue weighted by atomic mass is 16.1. The first kappa shape index (κ1) is 13.7. The Labute approximate surface area is 100 Å². The van der Waals surface area contributed by atoms with Gasteiger partial charge in [0.25, 0.3) is 0 Å². The average molecular weight is 225 g/mol. The fraction of sp³-hybridized carbons (Fsp3) is 0.929. The maximum absolute atomic E-state index is 10.8. The summed E-state index contributed by atoms with van der Waals surface area (Å²) in [5.74, 6) is 1.15. The van der Waals surface area contributed by atoms with Gasteiger partial charge in [0.1, 0.15) is 5.78 Å². The van der Waals surface area contributed by atoms with Crippen molar-refractivity contribution in [1.29, 1.82) is 0 Å². The van der Waals surface area contributed by atoms with Gasteiger partial charge in [-0.2, -0.15) is 0 Å². The highest BCUT2D eigenvalue weighted by Gasteiger charge is 2.29. The van der Waals surface area contributed by atoms with E-state index in [0.717, 1.165) is 19.0 Å². The maximum atomic E-state index is 10.8. The minimum Gasteiger partial charge on any atom is -0.316 e. The minimum absolute atomic E-state index is 0.281. The molecule has 94 valence electrons. The molecule has 1 N–H and O–H groups in total. The quantitative estimate of drug-likeness (QED) is 0.704. The molecule has 2 heteroatoms. The van der Waals surface area contributed by atoms with E-state index < -0.39 is 0 Å². The zero-order valence-electron chi connectivity index (χ0n) is 11.1. The van der Waals surface area contributed by atoms with E-state index in [1.54, 1.807) is 6.92 Å². The zero-order valence-corrected chi connectivity index (χ0v) is 11.1. The second-order valence-electron chi connectivity index (χ2n) is 5.95. The fourth-order valence-electron chi connectivity index (χ4n) is 2.70.